The average molecular weight is 477 g/mol. The van der Waals surface area contributed by atoms with Crippen molar-refractivity contribution in [2.45, 2.75) is 47.1 Å². The third-order valence-corrected chi connectivity index (χ3v) is 4.80. The fraction of sp³-hybridized carbons (Fsp3) is 0.722. The van der Waals surface area contributed by atoms with E-state index in [1.807, 2.05) is 25.6 Å². The minimum absolute atomic E-state index is 0. The summed E-state index contributed by atoms with van der Waals surface area (Å²) in [5.41, 5.74) is 3.36. The maximum Gasteiger partial charge on any atom is 0.309 e. The molecular formula is C18H32IN5O2. The van der Waals surface area contributed by atoms with Crippen molar-refractivity contribution in [1.29, 1.82) is 0 Å². The molecule has 148 valence electrons. The highest BCUT2D eigenvalue weighted by molar-refractivity contribution is 14.0. The van der Waals surface area contributed by atoms with E-state index in [0.29, 0.717) is 13.2 Å². The van der Waals surface area contributed by atoms with Crippen molar-refractivity contribution < 1.29 is 9.53 Å². The summed E-state index contributed by atoms with van der Waals surface area (Å²) in [4.78, 5) is 18.9. The number of halogens is 1. The molecule has 0 aliphatic carbocycles. The van der Waals surface area contributed by atoms with Crippen LogP contribution in [0.15, 0.2) is 4.99 Å². The molecule has 0 aromatic carbocycles. The van der Waals surface area contributed by atoms with Crippen molar-refractivity contribution >= 4 is 35.9 Å². The number of hydrogen-bond acceptors (Lipinski definition) is 4. The molecular weight excluding hydrogens is 445 g/mol. The van der Waals surface area contributed by atoms with Gasteiger partial charge in [0.2, 0.25) is 0 Å². The second-order valence-corrected chi connectivity index (χ2v) is 6.46. The molecule has 0 unspecified atom stereocenters. The molecule has 1 aliphatic rings. The smallest absolute Gasteiger partial charge is 0.309 e. The molecule has 1 aliphatic heterocycles. The largest absolute Gasteiger partial charge is 0.466 e. The molecule has 26 heavy (non-hydrogen) atoms. The van der Waals surface area contributed by atoms with E-state index in [1.54, 1.807) is 0 Å². The van der Waals surface area contributed by atoms with Gasteiger partial charge in [0.25, 0.3) is 0 Å². The van der Waals surface area contributed by atoms with Crippen LogP contribution in [0.5, 0.6) is 0 Å². The molecule has 2 heterocycles. The lowest BCUT2D eigenvalue weighted by Gasteiger charge is -2.33. The van der Waals surface area contributed by atoms with Gasteiger partial charge in [-0.2, -0.15) is 5.10 Å². The molecule has 2 rings (SSSR count). The number of aliphatic imine (C=N–C) groups is 1. The van der Waals surface area contributed by atoms with Gasteiger partial charge in [-0.1, -0.05) is 0 Å². The lowest BCUT2D eigenvalue weighted by atomic mass is 9.97. The maximum absolute atomic E-state index is 11.9. The Morgan fingerprint density at radius 2 is 1.96 bits per heavy atom. The summed E-state index contributed by atoms with van der Waals surface area (Å²) in [6, 6.07) is 0. The Labute approximate surface area is 173 Å². The summed E-state index contributed by atoms with van der Waals surface area (Å²) in [6.07, 6.45) is 1.63. The first-order valence-electron chi connectivity index (χ1n) is 9.16. The second-order valence-electron chi connectivity index (χ2n) is 6.46. The summed E-state index contributed by atoms with van der Waals surface area (Å²) in [5.74, 6) is 0.861. The topological polar surface area (TPSA) is 71.8 Å². The number of esters is 1. The molecule has 0 bridgehead atoms. The number of nitrogens with zero attached hydrogens (tertiary/aromatic N) is 4. The Morgan fingerprint density at radius 1 is 1.31 bits per heavy atom. The fourth-order valence-corrected chi connectivity index (χ4v) is 3.21. The van der Waals surface area contributed by atoms with Gasteiger partial charge in [-0.25, -0.2) is 4.99 Å². The predicted molar refractivity (Wildman–Crippen MR) is 114 cm³/mol. The number of aryl methyl sites for hydroxylation is 2. The van der Waals surface area contributed by atoms with Gasteiger partial charge in [-0.3, -0.25) is 9.48 Å². The van der Waals surface area contributed by atoms with Crippen LogP contribution in [0.2, 0.25) is 0 Å². The first kappa shape index (κ1) is 22.7. The van der Waals surface area contributed by atoms with E-state index in [1.165, 1.54) is 5.56 Å². The molecule has 0 saturated carbocycles. The van der Waals surface area contributed by atoms with Gasteiger partial charge >= 0.3 is 5.97 Å². The van der Waals surface area contributed by atoms with Gasteiger partial charge in [0.1, 0.15) is 0 Å². The molecule has 1 aromatic rings. The van der Waals surface area contributed by atoms with Gasteiger partial charge in [0, 0.05) is 37.9 Å². The van der Waals surface area contributed by atoms with E-state index >= 15 is 0 Å². The fourth-order valence-electron chi connectivity index (χ4n) is 3.21. The minimum atomic E-state index is -0.0642. The van der Waals surface area contributed by atoms with E-state index < -0.39 is 0 Å². The van der Waals surface area contributed by atoms with E-state index in [2.05, 4.69) is 29.2 Å². The number of ether oxygens (including phenoxy) is 1. The molecule has 1 fully saturated rings. The highest BCUT2D eigenvalue weighted by Gasteiger charge is 2.27. The standard InChI is InChI=1S/C18H31N5O2.HI/c1-6-19-18(20-12-16-13(3)21-22(5)14(16)4)23-10-8-15(9-11-23)17(24)25-7-2;/h15H,6-12H2,1-5H3,(H,19,20);1H. The van der Waals surface area contributed by atoms with Crippen molar-refractivity contribution in [3.8, 4) is 0 Å². The first-order valence-corrected chi connectivity index (χ1v) is 9.16. The second kappa shape index (κ2) is 10.7. The number of nitrogens with one attached hydrogen (secondary N) is 1. The molecule has 1 aromatic heterocycles. The van der Waals surface area contributed by atoms with E-state index in [4.69, 9.17) is 9.73 Å². The van der Waals surface area contributed by atoms with Crippen LogP contribution >= 0.6 is 24.0 Å². The minimum Gasteiger partial charge on any atom is -0.466 e. The SMILES string of the molecule is CCNC(=NCc1c(C)nn(C)c1C)N1CCC(C(=O)OCC)CC1.I. The van der Waals surface area contributed by atoms with Crippen LogP contribution in [0.4, 0.5) is 0 Å². The van der Waals surface area contributed by atoms with Crippen LogP contribution < -0.4 is 5.32 Å². The quantitative estimate of drug-likeness (QED) is 0.305. The Hall–Kier alpha value is -1.32. The monoisotopic (exact) mass is 477 g/mol. The summed E-state index contributed by atoms with van der Waals surface area (Å²) < 4.78 is 7.05. The van der Waals surface area contributed by atoms with Crippen molar-refractivity contribution in [3.05, 3.63) is 17.0 Å². The van der Waals surface area contributed by atoms with Gasteiger partial charge in [0.15, 0.2) is 5.96 Å². The van der Waals surface area contributed by atoms with Crippen molar-refractivity contribution in [1.82, 2.24) is 20.0 Å². The Bertz CT molecular complexity index is 621. The molecule has 0 atom stereocenters. The number of rotatable bonds is 5. The number of carbonyl (C=O) groups excluding carboxylic acids is 1. The lowest BCUT2D eigenvalue weighted by molar-refractivity contribution is -0.149. The van der Waals surface area contributed by atoms with E-state index in [9.17, 15) is 4.79 Å². The summed E-state index contributed by atoms with van der Waals surface area (Å²) in [5, 5.41) is 7.83. The summed E-state index contributed by atoms with van der Waals surface area (Å²) >= 11 is 0. The highest BCUT2D eigenvalue weighted by atomic mass is 127. The van der Waals surface area contributed by atoms with E-state index in [-0.39, 0.29) is 35.9 Å². The highest BCUT2D eigenvalue weighted by Crippen LogP contribution is 2.19. The number of carbonyl (C=O) groups is 1. The molecule has 1 saturated heterocycles. The number of piperidine rings is 1. The van der Waals surface area contributed by atoms with Crippen LogP contribution in [-0.2, 0) is 23.1 Å². The zero-order chi connectivity index (χ0) is 18.4. The zero-order valence-electron chi connectivity index (χ0n) is 16.5. The van der Waals surface area contributed by atoms with Crippen molar-refractivity contribution in [3.63, 3.8) is 0 Å². The van der Waals surface area contributed by atoms with Crippen molar-refractivity contribution in [2.24, 2.45) is 18.0 Å². The van der Waals surface area contributed by atoms with Gasteiger partial charge < -0.3 is 15.0 Å². The van der Waals surface area contributed by atoms with Crippen LogP contribution in [0, 0.1) is 19.8 Å². The van der Waals surface area contributed by atoms with Gasteiger partial charge in [0.05, 0.1) is 24.8 Å². The van der Waals surface area contributed by atoms with Crippen LogP contribution in [0.3, 0.4) is 0 Å². The molecule has 0 radical (unpaired) electrons. The molecule has 0 amide bonds. The maximum atomic E-state index is 11.9. The number of likely N-dealkylation sites (tertiary alicyclic amines) is 1. The average Bonchev–Trinajstić information content (AvgIpc) is 2.84. The number of aromatic nitrogens is 2. The summed E-state index contributed by atoms with van der Waals surface area (Å²) in [7, 11) is 1.96. The van der Waals surface area contributed by atoms with Gasteiger partial charge in [-0.15, -0.1) is 24.0 Å². The molecule has 0 spiro atoms. The van der Waals surface area contributed by atoms with Crippen molar-refractivity contribution in [2.75, 3.05) is 26.2 Å². The van der Waals surface area contributed by atoms with Gasteiger partial charge in [-0.05, 0) is 40.5 Å². The number of hydrogen-bond donors (Lipinski definition) is 1. The Kier molecular flexibility index (Phi) is 9.38. The third-order valence-electron chi connectivity index (χ3n) is 4.80. The Morgan fingerprint density at radius 3 is 2.46 bits per heavy atom. The van der Waals surface area contributed by atoms with Crippen LogP contribution in [0.1, 0.15) is 43.6 Å². The zero-order valence-corrected chi connectivity index (χ0v) is 18.9. The Balaban J connectivity index is 0.00000338. The van der Waals surface area contributed by atoms with Crippen LogP contribution in [-0.4, -0.2) is 52.9 Å². The summed E-state index contributed by atoms with van der Waals surface area (Å²) in [6.45, 7) is 11.5. The molecule has 1 N–H and O–H groups in total. The first-order chi connectivity index (χ1) is 12.0. The van der Waals surface area contributed by atoms with E-state index in [0.717, 1.165) is 49.8 Å². The normalized spacial score (nSPS) is 15.6. The molecule has 8 heteroatoms. The predicted octanol–water partition coefficient (Wildman–Crippen LogP) is 2.40. The molecule has 7 nitrogen and oxygen atoms in total. The van der Waals surface area contributed by atoms with Crippen LogP contribution in [0.25, 0.3) is 0 Å². The lowest BCUT2D eigenvalue weighted by Crippen LogP contribution is -2.46. The number of guanidine groups is 1. The third kappa shape index (κ3) is 5.59.